The summed E-state index contributed by atoms with van der Waals surface area (Å²) in [6.45, 7) is 9.18. The first kappa shape index (κ1) is 24.0. The highest BCUT2D eigenvalue weighted by molar-refractivity contribution is 6.32. The molecule has 2 aliphatic rings. The molecule has 2 aliphatic heterocycles. The minimum atomic E-state index is -0.147. The van der Waals surface area contributed by atoms with E-state index in [9.17, 15) is 4.79 Å². The number of anilines is 1. The summed E-state index contributed by atoms with van der Waals surface area (Å²) in [4.78, 5) is 17.5. The van der Waals surface area contributed by atoms with Crippen molar-refractivity contribution < 1.29 is 9.53 Å². The Balaban J connectivity index is 1.28. The molecule has 0 radical (unpaired) electrons. The van der Waals surface area contributed by atoms with E-state index in [4.69, 9.17) is 16.3 Å². The van der Waals surface area contributed by atoms with Gasteiger partial charge in [0.2, 0.25) is 0 Å². The Morgan fingerprint density at radius 1 is 1.15 bits per heavy atom. The molecule has 2 fully saturated rings. The Kier molecular flexibility index (Phi) is 8.25. The van der Waals surface area contributed by atoms with E-state index in [0.717, 1.165) is 45.7 Å². The van der Waals surface area contributed by atoms with Gasteiger partial charge in [0.1, 0.15) is 12.4 Å². The van der Waals surface area contributed by atoms with Crippen LogP contribution in [-0.2, 0) is 6.54 Å². The fraction of sp³-hybridized carbons (Fsp3) is 0.500. The third-order valence-electron chi connectivity index (χ3n) is 6.61. The molecule has 0 saturated carbocycles. The summed E-state index contributed by atoms with van der Waals surface area (Å²) in [6, 6.07) is 13.6. The molecule has 0 spiro atoms. The first-order valence-corrected chi connectivity index (χ1v) is 12.3. The van der Waals surface area contributed by atoms with Crippen LogP contribution >= 0.6 is 11.6 Å². The maximum absolute atomic E-state index is 12.7. The van der Waals surface area contributed by atoms with E-state index in [-0.39, 0.29) is 5.91 Å². The molecular formula is C26H35ClN4O2. The van der Waals surface area contributed by atoms with E-state index in [0.29, 0.717) is 40.6 Å². The summed E-state index contributed by atoms with van der Waals surface area (Å²) in [5, 5.41) is 6.93. The van der Waals surface area contributed by atoms with Gasteiger partial charge in [-0.2, -0.15) is 0 Å². The van der Waals surface area contributed by atoms with Gasteiger partial charge < -0.3 is 20.3 Å². The number of amides is 1. The minimum Gasteiger partial charge on any atom is -0.490 e. The minimum absolute atomic E-state index is 0.147. The van der Waals surface area contributed by atoms with Gasteiger partial charge in [-0.25, -0.2) is 0 Å². The van der Waals surface area contributed by atoms with E-state index in [1.807, 2.05) is 36.4 Å². The average Bonchev–Trinajstić information content (AvgIpc) is 2.80. The van der Waals surface area contributed by atoms with Gasteiger partial charge in [-0.15, -0.1) is 0 Å². The second-order valence-electron chi connectivity index (χ2n) is 9.47. The monoisotopic (exact) mass is 470 g/mol. The van der Waals surface area contributed by atoms with Crippen LogP contribution in [0.3, 0.4) is 0 Å². The molecule has 0 aliphatic carbocycles. The van der Waals surface area contributed by atoms with Crippen LogP contribution in [0.5, 0.6) is 5.75 Å². The van der Waals surface area contributed by atoms with Crippen molar-refractivity contribution in [3.63, 3.8) is 0 Å². The van der Waals surface area contributed by atoms with Crippen LogP contribution in [-0.4, -0.2) is 68.1 Å². The zero-order valence-corrected chi connectivity index (χ0v) is 20.4. The molecule has 2 heterocycles. The lowest BCUT2D eigenvalue weighted by Gasteiger charge is -2.32. The fourth-order valence-electron chi connectivity index (χ4n) is 4.46. The summed E-state index contributed by atoms with van der Waals surface area (Å²) in [7, 11) is 2.16. The molecule has 2 saturated heterocycles. The number of likely N-dealkylation sites (N-methyl/N-ethyl adjacent to an activating group) is 1. The molecule has 2 unspecified atom stereocenters. The fourth-order valence-corrected chi connectivity index (χ4v) is 4.70. The van der Waals surface area contributed by atoms with Crippen LogP contribution in [0.1, 0.15) is 35.7 Å². The molecule has 2 atom stereocenters. The standard InChI is InChI=1S/C26H35ClN4O2/c1-19-9-10-28-23(15-19)18-33-25-8-7-22(16-24(25)27)29-26(32)21-5-3-20(4-6-21)17-31-13-11-30(2)12-14-31/h3-8,16,19,23,28H,9-15,17-18H2,1-2H3,(H,29,32). The van der Waals surface area contributed by atoms with E-state index >= 15 is 0 Å². The molecule has 2 aromatic rings. The van der Waals surface area contributed by atoms with Crippen molar-refractivity contribution in [3.05, 3.63) is 58.6 Å². The quantitative estimate of drug-likeness (QED) is 0.637. The number of piperazine rings is 1. The predicted octanol–water partition coefficient (Wildman–Crippen LogP) is 4.11. The second-order valence-corrected chi connectivity index (χ2v) is 9.87. The number of piperidine rings is 1. The van der Waals surface area contributed by atoms with Gasteiger partial charge in [-0.1, -0.05) is 30.7 Å². The van der Waals surface area contributed by atoms with Crippen molar-refractivity contribution in [2.45, 2.75) is 32.4 Å². The zero-order chi connectivity index (χ0) is 23.2. The number of carbonyl (C=O) groups excluding carboxylic acids is 1. The highest BCUT2D eigenvalue weighted by Crippen LogP contribution is 2.28. The van der Waals surface area contributed by atoms with Crippen LogP contribution in [0.25, 0.3) is 0 Å². The third-order valence-corrected chi connectivity index (χ3v) is 6.90. The number of nitrogens with zero attached hydrogens (tertiary/aromatic N) is 2. The molecule has 2 N–H and O–H groups in total. The van der Waals surface area contributed by atoms with Crippen molar-refractivity contribution in [2.75, 3.05) is 51.7 Å². The molecule has 2 aromatic carbocycles. The average molecular weight is 471 g/mol. The van der Waals surface area contributed by atoms with Crippen molar-refractivity contribution >= 4 is 23.2 Å². The molecule has 33 heavy (non-hydrogen) atoms. The van der Waals surface area contributed by atoms with E-state index < -0.39 is 0 Å². The largest absolute Gasteiger partial charge is 0.490 e. The second kappa shape index (κ2) is 11.3. The Morgan fingerprint density at radius 3 is 2.61 bits per heavy atom. The smallest absolute Gasteiger partial charge is 0.255 e. The van der Waals surface area contributed by atoms with Crippen molar-refractivity contribution in [2.24, 2.45) is 5.92 Å². The van der Waals surface area contributed by atoms with Crippen LogP contribution in [0, 0.1) is 5.92 Å². The van der Waals surface area contributed by atoms with Gasteiger partial charge in [0.25, 0.3) is 5.91 Å². The molecule has 0 aromatic heterocycles. The van der Waals surface area contributed by atoms with Crippen LogP contribution in [0.2, 0.25) is 5.02 Å². The Labute approximate surface area is 202 Å². The van der Waals surface area contributed by atoms with Crippen molar-refractivity contribution in [1.29, 1.82) is 0 Å². The van der Waals surface area contributed by atoms with Gasteiger partial charge in [-0.05, 0) is 68.2 Å². The molecule has 6 nitrogen and oxygen atoms in total. The predicted molar refractivity (Wildman–Crippen MR) is 134 cm³/mol. The van der Waals surface area contributed by atoms with Crippen molar-refractivity contribution in [1.82, 2.24) is 15.1 Å². The third kappa shape index (κ3) is 6.93. The molecular weight excluding hydrogens is 436 g/mol. The highest BCUT2D eigenvalue weighted by Gasteiger charge is 2.19. The number of rotatable bonds is 7. The lowest BCUT2D eigenvalue weighted by atomic mass is 9.95. The summed E-state index contributed by atoms with van der Waals surface area (Å²) in [5.74, 6) is 1.21. The van der Waals surface area contributed by atoms with E-state index in [1.54, 1.807) is 6.07 Å². The highest BCUT2D eigenvalue weighted by atomic mass is 35.5. The van der Waals surface area contributed by atoms with E-state index in [2.05, 4.69) is 34.4 Å². The van der Waals surface area contributed by atoms with Crippen LogP contribution < -0.4 is 15.4 Å². The SMILES string of the molecule is CC1CCNC(COc2ccc(NC(=O)c3ccc(CN4CCN(C)CC4)cc3)cc2Cl)C1. The van der Waals surface area contributed by atoms with Gasteiger partial charge in [0.15, 0.2) is 0 Å². The Morgan fingerprint density at radius 2 is 1.91 bits per heavy atom. The van der Waals surface area contributed by atoms with E-state index in [1.165, 1.54) is 12.0 Å². The number of benzene rings is 2. The van der Waals surface area contributed by atoms with Gasteiger partial charge >= 0.3 is 0 Å². The van der Waals surface area contributed by atoms with Gasteiger partial charge in [0, 0.05) is 50.0 Å². The molecule has 178 valence electrons. The number of nitrogens with one attached hydrogen (secondary N) is 2. The Bertz CT molecular complexity index is 928. The lowest BCUT2D eigenvalue weighted by Crippen LogP contribution is -2.43. The number of carbonyl (C=O) groups is 1. The number of hydrogen-bond donors (Lipinski definition) is 2. The summed E-state index contributed by atoms with van der Waals surface area (Å²) in [5.41, 5.74) is 2.51. The van der Waals surface area contributed by atoms with Crippen LogP contribution in [0.15, 0.2) is 42.5 Å². The summed E-state index contributed by atoms with van der Waals surface area (Å²) < 4.78 is 5.94. The molecule has 4 rings (SSSR count). The van der Waals surface area contributed by atoms with Crippen molar-refractivity contribution in [3.8, 4) is 5.75 Å². The zero-order valence-electron chi connectivity index (χ0n) is 19.6. The van der Waals surface area contributed by atoms with Gasteiger partial charge in [-0.3, -0.25) is 9.69 Å². The number of ether oxygens (including phenoxy) is 1. The summed E-state index contributed by atoms with van der Waals surface area (Å²) >= 11 is 6.42. The molecule has 0 bridgehead atoms. The maximum atomic E-state index is 12.7. The Hall–Kier alpha value is -2.12. The maximum Gasteiger partial charge on any atom is 0.255 e. The van der Waals surface area contributed by atoms with Gasteiger partial charge in [0.05, 0.1) is 5.02 Å². The van der Waals surface area contributed by atoms with Crippen LogP contribution in [0.4, 0.5) is 5.69 Å². The summed E-state index contributed by atoms with van der Waals surface area (Å²) in [6.07, 6.45) is 2.32. The normalized spacial score (nSPS) is 22.2. The molecule has 7 heteroatoms. The lowest BCUT2D eigenvalue weighted by molar-refractivity contribution is 0.102. The topological polar surface area (TPSA) is 56.8 Å². The first-order chi connectivity index (χ1) is 16.0. The number of halogens is 1. The number of hydrogen-bond acceptors (Lipinski definition) is 5. The molecule has 1 amide bonds. The first-order valence-electron chi connectivity index (χ1n) is 11.9.